The van der Waals surface area contributed by atoms with Gasteiger partial charge in [0.25, 0.3) is 0 Å². The normalized spacial score (nSPS) is 15.1. The molecule has 0 aliphatic carbocycles. The van der Waals surface area contributed by atoms with Gasteiger partial charge in [0.15, 0.2) is 17.5 Å². The van der Waals surface area contributed by atoms with Crippen LogP contribution in [0.3, 0.4) is 0 Å². The second kappa shape index (κ2) is 8.61. The van der Waals surface area contributed by atoms with Crippen LogP contribution in [0.2, 0.25) is 0 Å². The molecule has 2 amide bonds. The first kappa shape index (κ1) is 23.4. The maximum atomic E-state index is 13.0. The van der Waals surface area contributed by atoms with Crippen molar-refractivity contribution in [3.8, 4) is 5.75 Å². The number of ketones is 1. The van der Waals surface area contributed by atoms with Crippen molar-refractivity contribution < 1.29 is 71.5 Å². The van der Waals surface area contributed by atoms with E-state index in [9.17, 15) is 31.2 Å². The van der Waals surface area contributed by atoms with Crippen LogP contribution in [-0.4, -0.2) is 49.1 Å². The summed E-state index contributed by atoms with van der Waals surface area (Å²) < 4.78 is 75.3. The summed E-state index contributed by atoms with van der Waals surface area (Å²) in [4.78, 5) is 23.5. The molecule has 1 aliphatic rings. The number of benzene rings is 1. The van der Waals surface area contributed by atoms with Crippen LogP contribution in [0.1, 0.15) is 18.7 Å². The van der Waals surface area contributed by atoms with E-state index in [1.165, 1.54) is 36.5 Å². The molecule has 0 bridgehead atoms. The quantitative estimate of drug-likeness (QED) is 0.362. The van der Waals surface area contributed by atoms with Gasteiger partial charge in [-0.15, -0.1) is 0 Å². The average molecular weight is 418 g/mol. The van der Waals surface area contributed by atoms with E-state index in [1.807, 2.05) is 0 Å². The fourth-order valence-electron chi connectivity index (χ4n) is 2.07. The van der Waals surface area contributed by atoms with E-state index >= 15 is 0 Å². The molecule has 8 nitrogen and oxygen atoms in total. The number of amides is 2. The zero-order valence-electron chi connectivity index (χ0n) is 15.2. The number of Topliss-reactive ketones (excluding diaryl/α,β-unsaturated/α-hetero) is 1. The average Bonchev–Trinajstić information content (AvgIpc) is 2.51. The van der Waals surface area contributed by atoms with Crippen molar-refractivity contribution in [2.75, 3.05) is 13.3 Å². The van der Waals surface area contributed by atoms with Crippen molar-refractivity contribution >= 4 is 21.9 Å². The first-order valence-electron chi connectivity index (χ1n) is 6.97. The molecule has 1 heterocycles. The molecule has 0 saturated heterocycles. The first-order valence-corrected chi connectivity index (χ1v) is 8.41. The molecule has 0 spiro atoms. The van der Waals surface area contributed by atoms with Crippen LogP contribution in [-0.2, 0) is 10.1 Å². The molecule has 0 atom stereocenters. The topological polar surface area (TPSA) is 113 Å². The minimum atomic E-state index is -5.27. The number of carbonyl (C=O) groups excluding carboxylic acids is 2. The maximum absolute atomic E-state index is 13.0. The van der Waals surface area contributed by atoms with Crippen LogP contribution in [0.25, 0.3) is 0 Å². The first-order chi connectivity index (χ1) is 11.9. The van der Waals surface area contributed by atoms with Gasteiger partial charge in [-0.3, -0.25) is 19.6 Å². The number of alkyl halides is 3. The Bertz CT molecular complexity index is 874. The van der Waals surface area contributed by atoms with Crippen LogP contribution in [0, 0.1) is 0 Å². The summed E-state index contributed by atoms with van der Waals surface area (Å²) in [5.74, 6) is -0.00873. The SMILES string of the molecule is CC(=O)c1ccc(OCN2CC(C(F)(F)F)=C(S(=O)(=O)O)NC2=O)cc1.[H-].[Na+]. The third-order valence-corrected chi connectivity index (χ3v) is 4.24. The Kier molecular flexibility index (Phi) is 7.47. The van der Waals surface area contributed by atoms with Crippen LogP contribution in [0.5, 0.6) is 5.75 Å². The van der Waals surface area contributed by atoms with Crippen molar-refractivity contribution in [2.45, 2.75) is 13.1 Å². The molecule has 0 fully saturated rings. The molecule has 27 heavy (non-hydrogen) atoms. The molecule has 2 rings (SSSR count). The summed E-state index contributed by atoms with van der Waals surface area (Å²) in [6.07, 6.45) is -5.10. The molecule has 1 aromatic carbocycles. The van der Waals surface area contributed by atoms with Gasteiger partial charge in [0.05, 0.1) is 12.1 Å². The van der Waals surface area contributed by atoms with Crippen molar-refractivity contribution in [3.05, 3.63) is 40.4 Å². The van der Waals surface area contributed by atoms with E-state index in [1.54, 1.807) is 0 Å². The van der Waals surface area contributed by atoms with Crippen LogP contribution < -0.4 is 39.6 Å². The second-order valence-electron chi connectivity index (χ2n) is 5.26. The van der Waals surface area contributed by atoms with Gasteiger partial charge in [-0.1, -0.05) is 0 Å². The fourth-order valence-corrected chi connectivity index (χ4v) is 2.78. The van der Waals surface area contributed by atoms with Crippen molar-refractivity contribution in [1.82, 2.24) is 10.2 Å². The molecule has 0 radical (unpaired) electrons. The Hall–Kier alpha value is -1.60. The largest absolute Gasteiger partial charge is 1.00 e. The number of nitrogens with one attached hydrogen (secondary N) is 1. The van der Waals surface area contributed by atoms with Crippen molar-refractivity contribution in [1.29, 1.82) is 0 Å². The summed E-state index contributed by atoms with van der Waals surface area (Å²) in [7, 11) is -5.27. The monoisotopic (exact) mass is 418 g/mol. The van der Waals surface area contributed by atoms with Gasteiger partial charge in [-0.2, -0.15) is 21.6 Å². The number of hydrogen-bond donors (Lipinski definition) is 2. The molecule has 144 valence electrons. The Labute approximate surface area is 175 Å². The van der Waals surface area contributed by atoms with E-state index in [0.717, 1.165) is 0 Å². The van der Waals surface area contributed by atoms with Crippen molar-refractivity contribution in [3.63, 3.8) is 0 Å². The Morgan fingerprint density at radius 2 is 1.89 bits per heavy atom. The number of rotatable bonds is 5. The van der Waals surface area contributed by atoms with Gasteiger partial charge in [-0.25, -0.2) is 4.79 Å². The molecule has 0 unspecified atom stereocenters. The van der Waals surface area contributed by atoms with Gasteiger partial charge < -0.3 is 6.16 Å². The van der Waals surface area contributed by atoms with Crippen molar-refractivity contribution in [2.24, 2.45) is 0 Å². The summed E-state index contributed by atoms with van der Waals surface area (Å²) in [5, 5.41) is -0.0926. The van der Waals surface area contributed by atoms with Gasteiger partial charge in [0, 0.05) is 5.56 Å². The smallest absolute Gasteiger partial charge is 1.00 e. The predicted octanol–water partition coefficient (Wildman–Crippen LogP) is -0.971. The molecule has 0 saturated carbocycles. The van der Waals surface area contributed by atoms with Gasteiger partial charge in [0.2, 0.25) is 0 Å². The van der Waals surface area contributed by atoms with Gasteiger partial charge >= 0.3 is 51.9 Å². The zero-order chi connectivity index (χ0) is 19.7. The molecule has 1 aliphatic heterocycles. The molecule has 0 aromatic heterocycles. The Morgan fingerprint density at radius 3 is 2.33 bits per heavy atom. The Balaban J connectivity index is 0.00000364. The minimum absolute atomic E-state index is 0. The van der Waals surface area contributed by atoms with Crippen LogP contribution in [0.15, 0.2) is 34.9 Å². The van der Waals surface area contributed by atoms with E-state index < -0.39 is 46.2 Å². The number of nitrogens with zero attached hydrogens (tertiary/aromatic N) is 1. The fraction of sp³-hybridized carbons (Fsp3) is 0.286. The van der Waals surface area contributed by atoms with Crippen LogP contribution in [0.4, 0.5) is 18.0 Å². The van der Waals surface area contributed by atoms with Gasteiger partial charge in [-0.05, 0) is 31.2 Å². The predicted molar refractivity (Wildman–Crippen MR) is 82.9 cm³/mol. The number of halogens is 3. The number of carbonyl (C=O) groups is 2. The third kappa shape index (κ3) is 5.94. The molecule has 13 heteroatoms. The number of hydrogen-bond acceptors (Lipinski definition) is 5. The van der Waals surface area contributed by atoms with E-state index in [4.69, 9.17) is 9.29 Å². The molecular formula is C14H14F3N2NaO6S. The maximum Gasteiger partial charge on any atom is 1.00 e. The summed E-state index contributed by atoms with van der Waals surface area (Å²) in [6.45, 7) is -0.398. The minimum Gasteiger partial charge on any atom is -1.00 e. The standard InChI is InChI=1S/C14H13F3N2O6S.Na.H/c1-8(20)9-2-4-10(5-3-9)25-7-19-6-11(14(15,16)17)12(18-13(19)21)26(22,23)24;;/h2-5H,6-7H2,1H3,(H,18,21)(H,22,23,24);;/q;+1;-1. The summed E-state index contributed by atoms with van der Waals surface area (Å²) in [6, 6.07) is 4.47. The number of urea groups is 1. The third-order valence-electron chi connectivity index (χ3n) is 3.38. The molecule has 1 aromatic rings. The number of ether oxygens (including phenoxy) is 1. The van der Waals surface area contributed by atoms with E-state index in [0.29, 0.717) is 10.5 Å². The second-order valence-corrected chi connectivity index (χ2v) is 6.62. The zero-order valence-corrected chi connectivity index (χ0v) is 17.0. The molecular weight excluding hydrogens is 404 g/mol. The molecule has 2 N–H and O–H groups in total. The van der Waals surface area contributed by atoms with E-state index in [2.05, 4.69) is 0 Å². The summed E-state index contributed by atoms with van der Waals surface area (Å²) >= 11 is 0. The van der Waals surface area contributed by atoms with Gasteiger partial charge in [0.1, 0.15) is 5.75 Å². The summed E-state index contributed by atoms with van der Waals surface area (Å²) in [5.41, 5.74) is -1.23. The van der Waals surface area contributed by atoms with E-state index in [-0.39, 0.29) is 42.5 Å². The Morgan fingerprint density at radius 1 is 1.33 bits per heavy atom. The van der Waals surface area contributed by atoms with Crippen LogP contribution >= 0.6 is 0 Å².